The SMILES string of the molecule is Cc1nc(-c2ccccc2)c(CN2CCc3nc(C(C)C)[nH]c(=O)c3C2)s1. The van der Waals surface area contributed by atoms with E-state index in [2.05, 4.69) is 35.9 Å². The first kappa shape index (κ1) is 18.1. The molecule has 3 heterocycles. The van der Waals surface area contributed by atoms with Crippen LogP contribution in [0.15, 0.2) is 35.1 Å². The highest BCUT2D eigenvalue weighted by molar-refractivity contribution is 7.12. The van der Waals surface area contributed by atoms with Crippen LogP contribution < -0.4 is 5.56 Å². The van der Waals surface area contributed by atoms with Crippen LogP contribution in [0.3, 0.4) is 0 Å². The molecule has 4 rings (SSSR count). The predicted octanol–water partition coefficient (Wildman–Crippen LogP) is 3.88. The summed E-state index contributed by atoms with van der Waals surface area (Å²) in [6, 6.07) is 10.3. The van der Waals surface area contributed by atoms with E-state index in [1.165, 1.54) is 4.88 Å². The topological polar surface area (TPSA) is 61.9 Å². The highest BCUT2D eigenvalue weighted by Crippen LogP contribution is 2.30. The van der Waals surface area contributed by atoms with Crippen molar-refractivity contribution in [1.29, 1.82) is 0 Å². The van der Waals surface area contributed by atoms with E-state index in [1.807, 2.05) is 25.1 Å². The lowest BCUT2D eigenvalue weighted by atomic mass is 10.1. The van der Waals surface area contributed by atoms with E-state index in [9.17, 15) is 4.79 Å². The van der Waals surface area contributed by atoms with E-state index in [1.54, 1.807) is 11.3 Å². The van der Waals surface area contributed by atoms with Crippen molar-refractivity contribution in [3.05, 3.63) is 67.7 Å². The Labute approximate surface area is 163 Å². The van der Waals surface area contributed by atoms with Gasteiger partial charge in [0.2, 0.25) is 0 Å². The van der Waals surface area contributed by atoms with Gasteiger partial charge in [0, 0.05) is 42.4 Å². The highest BCUT2D eigenvalue weighted by atomic mass is 32.1. The summed E-state index contributed by atoms with van der Waals surface area (Å²) < 4.78 is 0. The van der Waals surface area contributed by atoms with Gasteiger partial charge in [0.05, 0.1) is 22.0 Å². The van der Waals surface area contributed by atoms with E-state index in [0.717, 1.165) is 52.9 Å². The van der Waals surface area contributed by atoms with Gasteiger partial charge < -0.3 is 4.98 Å². The molecule has 140 valence electrons. The molecule has 0 bridgehead atoms. The summed E-state index contributed by atoms with van der Waals surface area (Å²) >= 11 is 1.74. The molecule has 27 heavy (non-hydrogen) atoms. The molecule has 0 saturated heterocycles. The van der Waals surface area contributed by atoms with Crippen molar-refractivity contribution in [2.45, 2.75) is 46.2 Å². The summed E-state index contributed by atoms with van der Waals surface area (Å²) in [7, 11) is 0. The first-order chi connectivity index (χ1) is 13.0. The Morgan fingerprint density at radius 3 is 2.74 bits per heavy atom. The average molecular weight is 381 g/mol. The largest absolute Gasteiger partial charge is 0.310 e. The number of nitrogens with zero attached hydrogens (tertiary/aromatic N) is 3. The summed E-state index contributed by atoms with van der Waals surface area (Å²) in [6.07, 6.45) is 0.817. The van der Waals surface area contributed by atoms with Gasteiger partial charge in [-0.05, 0) is 6.92 Å². The summed E-state index contributed by atoms with van der Waals surface area (Å²) in [4.78, 5) is 28.5. The van der Waals surface area contributed by atoms with Gasteiger partial charge in [0.25, 0.3) is 5.56 Å². The first-order valence-corrected chi connectivity index (χ1v) is 10.2. The van der Waals surface area contributed by atoms with Gasteiger partial charge in [-0.3, -0.25) is 9.69 Å². The number of nitrogens with one attached hydrogen (secondary N) is 1. The van der Waals surface area contributed by atoms with Crippen LogP contribution in [-0.2, 0) is 19.5 Å². The van der Waals surface area contributed by atoms with Gasteiger partial charge in [-0.1, -0.05) is 44.2 Å². The summed E-state index contributed by atoms with van der Waals surface area (Å²) in [6.45, 7) is 8.51. The second-order valence-electron chi connectivity index (χ2n) is 7.36. The van der Waals surface area contributed by atoms with Crippen LogP contribution in [0.4, 0.5) is 0 Å². The number of rotatable bonds is 4. The van der Waals surface area contributed by atoms with E-state index in [-0.39, 0.29) is 11.5 Å². The Kier molecular flexibility index (Phi) is 4.93. The minimum absolute atomic E-state index is 0.0113. The molecule has 0 fully saturated rings. The minimum atomic E-state index is 0.0113. The third-order valence-electron chi connectivity index (χ3n) is 4.93. The zero-order chi connectivity index (χ0) is 19.0. The highest BCUT2D eigenvalue weighted by Gasteiger charge is 2.23. The van der Waals surface area contributed by atoms with Crippen LogP contribution in [0.1, 0.15) is 46.7 Å². The molecule has 1 aliphatic heterocycles. The lowest BCUT2D eigenvalue weighted by Gasteiger charge is -2.27. The second-order valence-corrected chi connectivity index (χ2v) is 8.65. The maximum absolute atomic E-state index is 12.5. The summed E-state index contributed by atoms with van der Waals surface area (Å²) in [5.74, 6) is 1.02. The standard InChI is InChI=1S/C21H24N4OS/c1-13(2)20-23-17-9-10-25(11-16(17)21(26)24-20)12-18-19(22-14(3)27-18)15-7-5-4-6-8-15/h4-8,13H,9-12H2,1-3H3,(H,23,24,26). The normalized spacial score (nSPS) is 14.5. The van der Waals surface area contributed by atoms with Crippen LogP contribution in [-0.4, -0.2) is 26.4 Å². The van der Waals surface area contributed by atoms with Gasteiger partial charge in [0.1, 0.15) is 5.82 Å². The monoisotopic (exact) mass is 380 g/mol. The van der Waals surface area contributed by atoms with Gasteiger partial charge in [-0.2, -0.15) is 0 Å². The van der Waals surface area contributed by atoms with Crippen LogP contribution in [0.2, 0.25) is 0 Å². The van der Waals surface area contributed by atoms with Gasteiger partial charge >= 0.3 is 0 Å². The van der Waals surface area contributed by atoms with Gasteiger partial charge in [0.15, 0.2) is 0 Å². The number of thiazole rings is 1. The molecule has 0 radical (unpaired) electrons. The first-order valence-electron chi connectivity index (χ1n) is 9.37. The van der Waals surface area contributed by atoms with E-state index < -0.39 is 0 Å². The Bertz CT molecular complexity index is 1010. The molecular formula is C21H24N4OS. The lowest BCUT2D eigenvalue weighted by molar-refractivity contribution is 0.243. The summed E-state index contributed by atoms with van der Waals surface area (Å²) in [5.41, 5.74) is 3.99. The number of aromatic nitrogens is 3. The molecule has 0 amide bonds. The number of benzene rings is 1. The van der Waals surface area contributed by atoms with Crippen molar-refractivity contribution in [2.24, 2.45) is 0 Å². The van der Waals surface area contributed by atoms with Crippen LogP contribution in [0.25, 0.3) is 11.3 Å². The van der Waals surface area contributed by atoms with Crippen molar-refractivity contribution in [2.75, 3.05) is 6.54 Å². The minimum Gasteiger partial charge on any atom is -0.310 e. The zero-order valence-corrected chi connectivity index (χ0v) is 16.8. The van der Waals surface area contributed by atoms with Crippen molar-refractivity contribution < 1.29 is 0 Å². The third-order valence-corrected chi connectivity index (χ3v) is 5.89. The fraction of sp³-hybridized carbons (Fsp3) is 0.381. The molecule has 1 aromatic carbocycles. The zero-order valence-electron chi connectivity index (χ0n) is 16.0. The Hall–Kier alpha value is -2.31. The maximum Gasteiger partial charge on any atom is 0.255 e. The molecule has 0 spiro atoms. The summed E-state index contributed by atoms with van der Waals surface area (Å²) in [5, 5.41) is 1.07. The fourth-order valence-corrected chi connectivity index (χ4v) is 4.51. The van der Waals surface area contributed by atoms with Crippen molar-refractivity contribution in [3.8, 4) is 11.3 Å². The number of H-pyrrole nitrogens is 1. The second kappa shape index (κ2) is 7.37. The number of hydrogen-bond donors (Lipinski definition) is 1. The quantitative estimate of drug-likeness (QED) is 0.746. The molecule has 1 N–H and O–H groups in total. The van der Waals surface area contributed by atoms with E-state index >= 15 is 0 Å². The Morgan fingerprint density at radius 1 is 1.22 bits per heavy atom. The van der Waals surface area contributed by atoms with Crippen LogP contribution in [0.5, 0.6) is 0 Å². The molecule has 0 atom stereocenters. The number of fused-ring (bicyclic) bond motifs is 1. The number of aryl methyl sites for hydroxylation is 1. The number of aromatic amines is 1. The fourth-order valence-electron chi connectivity index (χ4n) is 3.51. The maximum atomic E-state index is 12.5. The van der Waals surface area contributed by atoms with E-state index in [0.29, 0.717) is 6.54 Å². The molecule has 1 aliphatic rings. The number of hydrogen-bond acceptors (Lipinski definition) is 5. The molecule has 3 aromatic rings. The molecule has 0 aliphatic carbocycles. The van der Waals surface area contributed by atoms with Gasteiger partial charge in [-0.15, -0.1) is 11.3 Å². The molecule has 6 heteroatoms. The molecule has 2 aromatic heterocycles. The lowest BCUT2D eigenvalue weighted by Crippen LogP contribution is -2.35. The van der Waals surface area contributed by atoms with Crippen molar-refractivity contribution in [1.82, 2.24) is 19.9 Å². The molecule has 5 nitrogen and oxygen atoms in total. The molecular weight excluding hydrogens is 356 g/mol. The van der Waals surface area contributed by atoms with E-state index in [4.69, 9.17) is 9.97 Å². The van der Waals surface area contributed by atoms with Crippen molar-refractivity contribution in [3.63, 3.8) is 0 Å². The average Bonchev–Trinajstić information content (AvgIpc) is 3.03. The Balaban J connectivity index is 1.59. The molecule has 0 saturated carbocycles. The van der Waals surface area contributed by atoms with Gasteiger partial charge in [-0.25, -0.2) is 9.97 Å². The van der Waals surface area contributed by atoms with Crippen LogP contribution in [0, 0.1) is 6.92 Å². The third kappa shape index (κ3) is 3.73. The van der Waals surface area contributed by atoms with Crippen LogP contribution >= 0.6 is 11.3 Å². The smallest absolute Gasteiger partial charge is 0.255 e. The van der Waals surface area contributed by atoms with Crippen molar-refractivity contribution >= 4 is 11.3 Å². The molecule has 0 unspecified atom stereocenters. The predicted molar refractivity (Wildman–Crippen MR) is 109 cm³/mol. The Morgan fingerprint density at radius 2 is 2.00 bits per heavy atom.